The molecule has 0 radical (unpaired) electrons. The van der Waals surface area contributed by atoms with Gasteiger partial charge in [-0.25, -0.2) is 5.01 Å². The fourth-order valence-corrected chi connectivity index (χ4v) is 4.49. The van der Waals surface area contributed by atoms with Crippen molar-refractivity contribution in [3.63, 3.8) is 0 Å². The van der Waals surface area contributed by atoms with Crippen molar-refractivity contribution in [3.05, 3.63) is 63.1 Å². The number of anilines is 1. The van der Waals surface area contributed by atoms with Gasteiger partial charge in [-0.3, -0.25) is 15.2 Å². The van der Waals surface area contributed by atoms with Crippen molar-refractivity contribution in [2.75, 3.05) is 18.1 Å². The van der Waals surface area contributed by atoms with Crippen LogP contribution in [0.4, 0.5) is 5.69 Å². The Bertz CT molecular complexity index is 941. The summed E-state index contributed by atoms with van der Waals surface area (Å²) in [6.45, 7) is 3.73. The summed E-state index contributed by atoms with van der Waals surface area (Å²) in [5, 5.41) is 10.1. The van der Waals surface area contributed by atoms with Crippen molar-refractivity contribution >= 4 is 52.1 Å². The second kappa shape index (κ2) is 8.52. The number of nitrogens with zero attached hydrogens (tertiary/aromatic N) is 3. The molecule has 1 fully saturated rings. The van der Waals surface area contributed by atoms with Crippen molar-refractivity contribution in [3.8, 4) is 0 Å². The quantitative estimate of drug-likeness (QED) is 0.684. The summed E-state index contributed by atoms with van der Waals surface area (Å²) >= 11 is 18.6. The third kappa shape index (κ3) is 4.24. The highest BCUT2D eigenvalue weighted by Gasteiger charge is 2.40. The Morgan fingerprint density at radius 2 is 1.69 bits per heavy atom. The number of hydrogen-bond acceptors (Lipinski definition) is 4. The van der Waals surface area contributed by atoms with Gasteiger partial charge in [-0.2, -0.15) is 5.10 Å². The fourth-order valence-electron chi connectivity index (χ4n) is 3.87. The van der Waals surface area contributed by atoms with Crippen LogP contribution in [0.5, 0.6) is 0 Å². The first kappa shape index (κ1) is 20.5. The van der Waals surface area contributed by atoms with Gasteiger partial charge in [0.1, 0.15) is 5.71 Å². The monoisotopic (exact) mass is 450 g/mol. The van der Waals surface area contributed by atoms with E-state index in [9.17, 15) is 4.79 Å². The van der Waals surface area contributed by atoms with Crippen molar-refractivity contribution in [1.82, 2.24) is 10.4 Å². The maximum atomic E-state index is 13.0. The number of carbonyl (C=O) groups is 1. The number of hydrazine groups is 1. The lowest BCUT2D eigenvalue weighted by molar-refractivity contribution is -0.119. The minimum atomic E-state index is -0.190. The molecule has 0 spiro atoms. The molecular weight excluding hydrogens is 431 g/mol. The Labute approximate surface area is 185 Å². The zero-order chi connectivity index (χ0) is 20.5. The molecule has 8 heteroatoms. The number of benzene rings is 2. The molecule has 2 aliphatic rings. The van der Waals surface area contributed by atoms with E-state index in [-0.39, 0.29) is 17.9 Å². The number of hydrazone groups is 1. The summed E-state index contributed by atoms with van der Waals surface area (Å²) in [6, 6.07) is 12.7. The van der Waals surface area contributed by atoms with Crippen molar-refractivity contribution in [1.29, 1.82) is 0 Å². The summed E-state index contributed by atoms with van der Waals surface area (Å²) < 4.78 is 0. The lowest BCUT2D eigenvalue weighted by atomic mass is 9.91. The topological polar surface area (TPSA) is 47.9 Å². The Kier molecular flexibility index (Phi) is 6.02. The van der Waals surface area contributed by atoms with Crippen LogP contribution in [0.1, 0.15) is 31.4 Å². The lowest BCUT2D eigenvalue weighted by Crippen LogP contribution is -2.44. The first-order valence-corrected chi connectivity index (χ1v) is 10.7. The normalized spacial score (nSPS) is 22.1. The second-order valence-corrected chi connectivity index (χ2v) is 8.63. The third-order valence-electron chi connectivity index (χ3n) is 5.35. The smallest absolute Gasteiger partial charge is 0.282 e. The zero-order valence-electron chi connectivity index (χ0n) is 15.9. The largest absolute Gasteiger partial charge is 0.284 e. The summed E-state index contributed by atoms with van der Waals surface area (Å²) in [7, 11) is 0. The van der Waals surface area contributed by atoms with Crippen LogP contribution in [-0.4, -0.2) is 29.7 Å². The maximum absolute atomic E-state index is 13.0. The highest BCUT2D eigenvalue weighted by Crippen LogP contribution is 2.42. The van der Waals surface area contributed by atoms with Gasteiger partial charge in [-0.05, 0) is 48.7 Å². The number of amides is 1. The van der Waals surface area contributed by atoms with E-state index in [4.69, 9.17) is 39.9 Å². The molecule has 2 atom stereocenters. The van der Waals surface area contributed by atoms with Crippen LogP contribution >= 0.6 is 34.8 Å². The number of halogens is 3. The molecule has 2 aliphatic heterocycles. The highest BCUT2D eigenvalue weighted by atomic mass is 35.5. The molecule has 0 aliphatic carbocycles. The number of carbonyl (C=O) groups excluding carboxylic acids is 1. The lowest BCUT2D eigenvalue weighted by Gasteiger charge is -2.27. The predicted molar refractivity (Wildman–Crippen MR) is 119 cm³/mol. The van der Waals surface area contributed by atoms with E-state index in [0.717, 1.165) is 31.5 Å². The number of nitrogens with one attached hydrogen (secondary N) is 1. The van der Waals surface area contributed by atoms with Crippen LogP contribution in [0.25, 0.3) is 0 Å². The number of rotatable bonds is 4. The van der Waals surface area contributed by atoms with Crippen LogP contribution in [0.3, 0.4) is 0 Å². The van der Waals surface area contributed by atoms with Crippen LogP contribution in [0.2, 0.25) is 15.1 Å². The second-order valence-electron chi connectivity index (χ2n) is 7.35. The molecular formula is C21H21Cl3N4O. The Hall–Kier alpha value is -1.79. The molecule has 1 amide bonds. The van der Waals surface area contributed by atoms with Gasteiger partial charge in [0, 0.05) is 29.1 Å². The standard InChI is InChI=1S/C21H21Cl3N4O/c1-13-19(21(29)26-27-10-2-3-11-27)25-28(18-9-8-16(23)12-17(18)24)20(13)14-4-6-15(22)7-5-14/h4-9,12-13,20H,2-3,10-11H2,1H3,(H,26,29)/t13-,20-/m1/s1. The Morgan fingerprint density at radius 1 is 1.03 bits per heavy atom. The van der Waals surface area contributed by atoms with Gasteiger partial charge >= 0.3 is 0 Å². The van der Waals surface area contributed by atoms with Crippen molar-refractivity contribution < 1.29 is 4.79 Å². The van der Waals surface area contributed by atoms with Gasteiger partial charge in [0.2, 0.25) is 0 Å². The molecule has 5 nitrogen and oxygen atoms in total. The van der Waals surface area contributed by atoms with E-state index in [2.05, 4.69) is 5.43 Å². The minimum Gasteiger partial charge on any atom is -0.284 e. The van der Waals surface area contributed by atoms with Crippen molar-refractivity contribution in [2.45, 2.75) is 25.8 Å². The molecule has 2 aromatic carbocycles. The Balaban J connectivity index is 1.70. The average molecular weight is 452 g/mol. The predicted octanol–water partition coefficient (Wildman–Crippen LogP) is 5.33. The van der Waals surface area contributed by atoms with E-state index in [1.54, 1.807) is 12.1 Å². The molecule has 1 saturated heterocycles. The fraction of sp³-hybridized carbons (Fsp3) is 0.333. The molecule has 2 aromatic rings. The highest BCUT2D eigenvalue weighted by molar-refractivity contribution is 6.41. The first-order chi connectivity index (χ1) is 13.9. The molecule has 29 heavy (non-hydrogen) atoms. The first-order valence-electron chi connectivity index (χ1n) is 9.58. The molecule has 152 valence electrons. The summed E-state index contributed by atoms with van der Waals surface area (Å²) in [5.74, 6) is -0.323. The van der Waals surface area contributed by atoms with Crippen LogP contribution in [0, 0.1) is 5.92 Å². The molecule has 2 heterocycles. The zero-order valence-corrected chi connectivity index (χ0v) is 18.2. The maximum Gasteiger partial charge on any atom is 0.282 e. The summed E-state index contributed by atoms with van der Waals surface area (Å²) in [4.78, 5) is 13.0. The third-order valence-corrected chi connectivity index (χ3v) is 6.14. The summed E-state index contributed by atoms with van der Waals surface area (Å²) in [5.41, 5.74) is 5.17. The van der Waals surface area contributed by atoms with Gasteiger partial charge < -0.3 is 0 Å². The van der Waals surface area contributed by atoms with Crippen molar-refractivity contribution in [2.24, 2.45) is 11.0 Å². The average Bonchev–Trinajstić information content (AvgIpc) is 3.30. The Morgan fingerprint density at radius 3 is 2.34 bits per heavy atom. The van der Waals surface area contributed by atoms with Gasteiger partial charge in [0.05, 0.1) is 16.8 Å². The minimum absolute atomic E-state index is 0.148. The van der Waals surface area contributed by atoms with E-state index in [0.29, 0.717) is 26.5 Å². The van der Waals surface area contributed by atoms with E-state index in [1.165, 1.54) is 0 Å². The van der Waals surface area contributed by atoms with E-state index < -0.39 is 0 Å². The van der Waals surface area contributed by atoms with E-state index in [1.807, 2.05) is 47.3 Å². The molecule has 0 aromatic heterocycles. The number of hydrogen-bond donors (Lipinski definition) is 1. The molecule has 0 saturated carbocycles. The van der Waals surface area contributed by atoms with Crippen LogP contribution < -0.4 is 10.4 Å². The molecule has 1 N–H and O–H groups in total. The van der Waals surface area contributed by atoms with Gasteiger partial charge in [-0.1, -0.05) is 53.9 Å². The van der Waals surface area contributed by atoms with Gasteiger partial charge in [-0.15, -0.1) is 0 Å². The van der Waals surface area contributed by atoms with Crippen LogP contribution in [-0.2, 0) is 4.79 Å². The van der Waals surface area contributed by atoms with Gasteiger partial charge in [0.25, 0.3) is 5.91 Å². The molecule has 0 unspecified atom stereocenters. The SMILES string of the molecule is C[C@@H]1C(C(=O)NN2CCCC2)=NN(c2ccc(Cl)cc2Cl)[C@H]1c1ccc(Cl)cc1. The van der Waals surface area contributed by atoms with Crippen LogP contribution in [0.15, 0.2) is 47.6 Å². The molecule has 4 rings (SSSR count). The van der Waals surface area contributed by atoms with E-state index >= 15 is 0 Å². The van der Waals surface area contributed by atoms with Gasteiger partial charge in [0.15, 0.2) is 0 Å². The molecule has 0 bridgehead atoms. The summed E-state index contributed by atoms with van der Waals surface area (Å²) in [6.07, 6.45) is 2.17.